The Morgan fingerprint density at radius 1 is 0.579 bits per heavy atom. The van der Waals surface area contributed by atoms with E-state index in [9.17, 15) is 0 Å². The number of nitrogens with zero attached hydrogens (tertiary/aromatic N) is 3. The van der Waals surface area contributed by atoms with Gasteiger partial charge in [-0.15, -0.1) is 0 Å². The maximum Gasteiger partial charge on any atom is 0.0849 e. The minimum atomic E-state index is 0.395. The first-order chi connectivity index (χ1) is 18.3. The molecule has 0 unspecified atom stereocenters. The highest BCUT2D eigenvalue weighted by atomic mass is 14.8. The summed E-state index contributed by atoms with van der Waals surface area (Å²) < 4.78 is 0. The van der Waals surface area contributed by atoms with E-state index in [0.717, 1.165) is 39.6 Å². The molecule has 0 aliphatic rings. The molecule has 4 aromatic carbocycles. The highest BCUT2D eigenvalue weighted by Crippen LogP contribution is 2.35. The predicted octanol–water partition coefficient (Wildman–Crippen LogP) is 9.92. The minimum absolute atomic E-state index is 0.395. The van der Waals surface area contributed by atoms with Crippen LogP contribution < -0.4 is 0 Å². The van der Waals surface area contributed by atoms with Crippen LogP contribution in [0.4, 0.5) is 11.4 Å². The lowest BCUT2D eigenvalue weighted by atomic mass is 9.93. The second-order valence-corrected chi connectivity index (χ2v) is 10.6. The molecule has 38 heavy (non-hydrogen) atoms. The largest absolute Gasteiger partial charge is 0.251 e. The Hall–Kier alpha value is -4.11. The number of pyridine rings is 1. The average Bonchev–Trinajstić information content (AvgIpc) is 2.92. The number of aliphatic imine (C=N–C) groups is 2. The second kappa shape index (κ2) is 10.7. The van der Waals surface area contributed by atoms with Gasteiger partial charge in [0.1, 0.15) is 0 Å². The summed E-state index contributed by atoms with van der Waals surface area (Å²) in [5, 5.41) is 4.79. The summed E-state index contributed by atoms with van der Waals surface area (Å²) in [4.78, 5) is 15.2. The van der Waals surface area contributed by atoms with Gasteiger partial charge in [0.2, 0.25) is 0 Å². The molecule has 0 spiro atoms. The molecule has 0 saturated carbocycles. The molecule has 0 aliphatic carbocycles. The van der Waals surface area contributed by atoms with Crippen molar-refractivity contribution in [2.45, 2.75) is 53.4 Å². The standard InChI is InChI=1S/C35H35N3/c1-22(2)29-15-10-16-30(23(3)4)35(29)37-25(6)33-18-11-17-32(38-33)24(5)36-34-19-9-14-28-20-26-12-7-8-13-27(26)21-31(28)34/h7-23H,1-6H3. The highest BCUT2D eigenvalue weighted by Gasteiger charge is 2.14. The molecule has 0 N–H and O–H groups in total. The summed E-state index contributed by atoms with van der Waals surface area (Å²) in [5.41, 5.74) is 8.09. The number of hydrogen-bond donors (Lipinski definition) is 0. The molecule has 0 bridgehead atoms. The quantitative estimate of drug-likeness (QED) is 0.170. The molecule has 0 fully saturated rings. The third kappa shape index (κ3) is 5.15. The molecule has 5 aromatic rings. The maximum atomic E-state index is 5.14. The van der Waals surface area contributed by atoms with Crippen LogP contribution in [0.15, 0.2) is 101 Å². The number of para-hydroxylation sites is 1. The van der Waals surface area contributed by atoms with Crippen molar-refractivity contribution in [2.24, 2.45) is 9.98 Å². The lowest BCUT2D eigenvalue weighted by Gasteiger charge is -2.17. The fraction of sp³-hybridized carbons (Fsp3) is 0.229. The van der Waals surface area contributed by atoms with Crippen molar-refractivity contribution in [3.63, 3.8) is 0 Å². The summed E-state index contributed by atoms with van der Waals surface area (Å²) in [6.07, 6.45) is 0. The second-order valence-electron chi connectivity index (χ2n) is 10.6. The molecule has 190 valence electrons. The zero-order valence-corrected chi connectivity index (χ0v) is 23.2. The molecule has 0 radical (unpaired) electrons. The van der Waals surface area contributed by atoms with E-state index in [0.29, 0.717) is 11.8 Å². The average molecular weight is 498 g/mol. The summed E-state index contributed by atoms with van der Waals surface area (Å²) in [6, 6.07) is 31.9. The molecule has 5 rings (SSSR count). The van der Waals surface area contributed by atoms with Gasteiger partial charge in [0, 0.05) is 5.39 Å². The molecular weight excluding hydrogens is 462 g/mol. The summed E-state index contributed by atoms with van der Waals surface area (Å²) in [6.45, 7) is 13.0. The number of aromatic nitrogens is 1. The van der Waals surface area contributed by atoms with Crippen molar-refractivity contribution in [3.8, 4) is 0 Å². The van der Waals surface area contributed by atoms with E-state index in [1.807, 2.05) is 25.1 Å². The Morgan fingerprint density at radius 3 is 1.74 bits per heavy atom. The monoisotopic (exact) mass is 497 g/mol. The topological polar surface area (TPSA) is 37.6 Å². The van der Waals surface area contributed by atoms with Crippen LogP contribution in [0.2, 0.25) is 0 Å². The third-order valence-electron chi connectivity index (χ3n) is 7.12. The number of benzene rings is 4. The van der Waals surface area contributed by atoms with Crippen LogP contribution in [0.3, 0.4) is 0 Å². The Balaban J connectivity index is 1.54. The molecule has 0 amide bonds. The van der Waals surface area contributed by atoms with Gasteiger partial charge in [0.25, 0.3) is 0 Å². The molecule has 3 heteroatoms. The number of fused-ring (bicyclic) bond motifs is 2. The smallest absolute Gasteiger partial charge is 0.0849 e. The van der Waals surface area contributed by atoms with E-state index >= 15 is 0 Å². The summed E-state index contributed by atoms with van der Waals surface area (Å²) >= 11 is 0. The van der Waals surface area contributed by atoms with Gasteiger partial charge < -0.3 is 0 Å². The SMILES string of the molecule is CC(=Nc1c(C(C)C)cccc1C(C)C)c1cccc(C(C)=Nc2cccc3cc4ccccc4cc23)n1. The number of rotatable bonds is 6. The lowest BCUT2D eigenvalue weighted by molar-refractivity contribution is 0.834. The Bertz CT molecular complexity index is 1660. The Morgan fingerprint density at radius 2 is 1.11 bits per heavy atom. The van der Waals surface area contributed by atoms with Gasteiger partial charge in [-0.25, -0.2) is 4.98 Å². The number of hydrogen-bond acceptors (Lipinski definition) is 3. The normalized spacial score (nSPS) is 12.7. The van der Waals surface area contributed by atoms with Gasteiger partial charge >= 0.3 is 0 Å². The van der Waals surface area contributed by atoms with Crippen molar-refractivity contribution < 1.29 is 0 Å². The van der Waals surface area contributed by atoms with Gasteiger partial charge in [0.05, 0.1) is 34.2 Å². The fourth-order valence-corrected chi connectivity index (χ4v) is 4.99. The first-order valence-corrected chi connectivity index (χ1v) is 13.4. The lowest BCUT2D eigenvalue weighted by Crippen LogP contribution is -2.06. The predicted molar refractivity (Wildman–Crippen MR) is 164 cm³/mol. The Labute approximate surface area is 226 Å². The van der Waals surface area contributed by atoms with E-state index in [1.165, 1.54) is 27.3 Å². The molecule has 0 atom stereocenters. The first-order valence-electron chi connectivity index (χ1n) is 13.4. The van der Waals surface area contributed by atoms with E-state index in [4.69, 9.17) is 15.0 Å². The van der Waals surface area contributed by atoms with E-state index in [1.54, 1.807) is 0 Å². The van der Waals surface area contributed by atoms with Gasteiger partial charge in [-0.2, -0.15) is 0 Å². The van der Waals surface area contributed by atoms with Gasteiger partial charge in [-0.1, -0.05) is 88.4 Å². The van der Waals surface area contributed by atoms with Crippen molar-refractivity contribution >= 4 is 44.3 Å². The van der Waals surface area contributed by atoms with Crippen LogP contribution in [-0.2, 0) is 0 Å². The minimum Gasteiger partial charge on any atom is -0.251 e. The van der Waals surface area contributed by atoms with Crippen molar-refractivity contribution in [2.75, 3.05) is 0 Å². The third-order valence-corrected chi connectivity index (χ3v) is 7.12. The molecule has 1 aromatic heterocycles. The molecule has 3 nitrogen and oxygen atoms in total. The van der Waals surface area contributed by atoms with Crippen LogP contribution in [0.1, 0.15) is 75.9 Å². The van der Waals surface area contributed by atoms with Crippen molar-refractivity contribution in [3.05, 3.63) is 114 Å². The van der Waals surface area contributed by atoms with Crippen LogP contribution in [0.25, 0.3) is 21.5 Å². The molecule has 0 saturated heterocycles. The van der Waals surface area contributed by atoms with Gasteiger partial charge in [-0.05, 0) is 83.3 Å². The maximum absolute atomic E-state index is 5.14. The van der Waals surface area contributed by atoms with E-state index in [-0.39, 0.29) is 0 Å². The van der Waals surface area contributed by atoms with Crippen molar-refractivity contribution in [1.29, 1.82) is 0 Å². The van der Waals surface area contributed by atoms with Crippen LogP contribution in [0.5, 0.6) is 0 Å². The van der Waals surface area contributed by atoms with Crippen LogP contribution in [0, 0.1) is 0 Å². The summed E-state index contributed by atoms with van der Waals surface area (Å²) in [7, 11) is 0. The van der Waals surface area contributed by atoms with Gasteiger partial charge in [-0.3, -0.25) is 9.98 Å². The van der Waals surface area contributed by atoms with Crippen LogP contribution >= 0.6 is 0 Å². The zero-order valence-electron chi connectivity index (χ0n) is 23.2. The highest BCUT2D eigenvalue weighted by molar-refractivity contribution is 6.07. The van der Waals surface area contributed by atoms with E-state index in [2.05, 4.69) is 107 Å². The first kappa shape index (κ1) is 25.5. The van der Waals surface area contributed by atoms with Crippen molar-refractivity contribution in [1.82, 2.24) is 4.98 Å². The van der Waals surface area contributed by atoms with Gasteiger partial charge in [0.15, 0.2) is 0 Å². The molecular formula is C35H35N3. The van der Waals surface area contributed by atoms with Crippen LogP contribution in [-0.4, -0.2) is 16.4 Å². The molecule has 1 heterocycles. The zero-order chi connectivity index (χ0) is 26.8. The molecule has 0 aliphatic heterocycles. The summed E-state index contributed by atoms with van der Waals surface area (Å²) in [5.74, 6) is 0.790. The fourth-order valence-electron chi connectivity index (χ4n) is 4.99. The van der Waals surface area contributed by atoms with E-state index < -0.39 is 0 Å². The Kier molecular flexibility index (Phi) is 7.20.